The minimum Gasteiger partial charge on any atom is -0.349 e. The number of carbonyl (C=O) groups is 1. The van der Waals surface area contributed by atoms with Crippen LogP contribution in [0.3, 0.4) is 0 Å². The van der Waals surface area contributed by atoms with Crippen molar-refractivity contribution in [2.45, 2.75) is 38.1 Å². The summed E-state index contributed by atoms with van der Waals surface area (Å²) in [5.41, 5.74) is -0.444. The molecule has 0 radical (unpaired) electrons. The molecule has 1 aromatic rings. The van der Waals surface area contributed by atoms with Crippen molar-refractivity contribution in [2.24, 2.45) is 5.92 Å². The molecule has 0 aliphatic heterocycles. The summed E-state index contributed by atoms with van der Waals surface area (Å²) in [5.74, 6) is -1.78. The fraction of sp³-hybridized carbons (Fsp3) is 0.462. The van der Waals surface area contributed by atoms with Gasteiger partial charge in [0.05, 0.1) is 5.56 Å². The molecule has 0 aliphatic rings. The summed E-state index contributed by atoms with van der Waals surface area (Å²) in [6.07, 6.45) is 0.659. The molecule has 0 saturated heterocycles. The lowest BCUT2D eigenvalue weighted by Gasteiger charge is -2.21. The van der Waals surface area contributed by atoms with Crippen LogP contribution in [0.4, 0.5) is 4.39 Å². The zero-order valence-electron chi connectivity index (χ0n) is 11.8. The van der Waals surface area contributed by atoms with Crippen molar-refractivity contribution in [3.8, 4) is 0 Å². The molecule has 0 bridgehead atoms. The maximum atomic E-state index is 14.2. The molecule has 21 heavy (non-hydrogen) atoms. The number of halogens is 3. The molecule has 0 fully saturated rings. The van der Waals surface area contributed by atoms with E-state index in [1.807, 2.05) is 20.8 Å². The average molecular weight is 356 g/mol. The third-order valence-corrected chi connectivity index (χ3v) is 4.61. The Morgan fingerprint density at radius 3 is 2.38 bits per heavy atom. The van der Waals surface area contributed by atoms with E-state index in [1.165, 1.54) is 0 Å². The number of hydrogen-bond acceptors (Lipinski definition) is 3. The van der Waals surface area contributed by atoms with Crippen molar-refractivity contribution in [3.05, 3.63) is 28.5 Å². The van der Waals surface area contributed by atoms with Gasteiger partial charge in [-0.1, -0.05) is 32.4 Å². The summed E-state index contributed by atoms with van der Waals surface area (Å²) in [7, 11) is 0.808. The molecular formula is C13H16Cl2FNO3S. The zero-order valence-corrected chi connectivity index (χ0v) is 14.1. The van der Waals surface area contributed by atoms with Crippen LogP contribution in [0.5, 0.6) is 0 Å². The van der Waals surface area contributed by atoms with Gasteiger partial charge >= 0.3 is 0 Å². The molecule has 0 saturated carbocycles. The Balaban J connectivity index is 3.25. The predicted molar refractivity (Wildman–Crippen MR) is 80.8 cm³/mol. The molecule has 1 atom stereocenters. The Morgan fingerprint density at radius 1 is 1.38 bits per heavy atom. The SMILES string of the molecule is CCC(NC(=O)c1cc(Cl)cc(S(=O)(=O)Cl)c1F)C(C)C. The van der Waals surface area contributed by atoms with Crippen LogP contribution in [-0.4, -0.2) is 20.4 Å². The van der Waals surface area contributed by atoms with Crippen molar-refractivity contribution < 1.29 is 17.6 Å². The summed E-state index contributed by atoms with van der Waals surface area (Å²) >= 11 is 5.74. The molecule has 1 unspecified atom stereocenters. The van der Waals surface area contributed by atoms with Crippen molar-refractivity contribution in [1.29, 1.82) is 0 Å². The van der Waals surface area contributed by atoms with Crippen LogP contribution in [0.2, 0.25) is 5.02 Å². The number of amides is 1. The van der Waals surface area contributed by atoms with Crippen LogP contribution < -0.4 is 5.32 Å². The minimum absolute atomic E-state index is 0.0848. The van der Waals surface area contributed by atoms with Gasteiger partial charge < -0.3 is 5.32 Å². The highest BCUT2D eigenvalue weighted by molar-refractivity contribution is 8.13. The van der Waals surface area contributed by atoms with Crippen LogP contribution in [-0.2, 0) is 9.05 Å². The Kier molecular flexibility index (Phi) is 6.01. The number of hydrogen-bond donors (Lipinski definition) is 1. The standard InChI is InChI=1S/C13H16Cl2FNO3S/c1-4-10(7(2)3)17-13(18)9-5-8(14)6-11(12(9)16)21(15,19)20/h5-7,10H,4H2,1-3H3,(H,17,18). The molecule has 1 rings (SSSR count). The molecule has 1 N–H and O–H groups in total. The summed E-state index contributed by atoms with van der Waals surface area (Å²) in [6.45, 7) is 5.71. The maximum Gasteiger partial charge on any atom is 0.264 e. The van der Waals surface area contributed by atoms with E-state index >= 15 is 0 Å². The summed E-state index contributed by atoms with van der Waals surface area (Å²) in [5, 5.41) is 2.57. The Hall–Kier alpha value is -0.850. The summed E-state index contributed by atoms with van der Waals surface area (Å²) in [6, 6.07) is 1.78. The molecule has 0 aliphatic carbocycles. The molecule has 1 aromatic carbocycles. The minimum atomic E-state index is -4.33. The highest BCUT2D eigenvalue weighted by Gasteiger charge is 2.25. The van der Waals surface area contributed by atoms with Crippen LogP contribution in [0.1, 0.15) is 37.6 Å². The third kappa shape index (κ3) is 4.56. The van der Waals surface area contributed by atoms with Gasteiger partial charge in [-0.3, -0.25) is 4.79 Å². The molecule has 118 valence electrons. The Bertz CT molecular complexity index is 647. The maximum absolute atomic E-state index is 14.2. The normalized spacial score (nSPS) is 13.3. The van der Waals surface area contributed by atoms with E-state index in [0.717, 1.165) is 12.1 Å². The topological polar surface area (TPSA) is 63.2 Å². The van der Waals surface area contributed by atoms with Gasteiger partial charge in [0, 0.05) is 21.7 Å². The molecule has 0 spiro atoms. The van der Waals surface area contributed by atoms with Crippen molar-refractivity contribution >= 4 is 37.2 Å². The second kappa shape index (κ2) is 6.94. The van der Waals surface area contributed by atoms with Gasteiger partial charge in [0.15, 0.2) is 5.82 Å². The lowest BCUT2D eigenvalue weighted by atomic mass is 10.0. The van der Waals surface area contributed by atoms with E-state index in [-0.39, 0.29) is 17.0 Å². The lowest BCUT2D eigenvalue weighted by Crippen LogP contribution is -2.38. The fourth-order valence-electron chi connectivity index (χ4n) is 1.89. The summed E-state index contributed by atoms with van der Waals surface area (Å²) in [4.78, 5) is 11.3. The lowest BCUT2D eigenvalue weighted by molar-refractivity contribution is 0.0920. The number of carbonyl (C=O) groups excluding carboxylic acids is 1. The highest BCUT2D eigenvalue weighted by Crippen LogP contribution is 2.26. The van der Waals surface area contributed by atoms with Crippen LogP contribution >= 0.6 is 22.3 Å². The quantitative estimate of drug-likeness (QED) is 0.821. The van der Waals surface area contributed by atoms with E-state index in [2.05, 4.69) is 5.32 Å². The Morgan fingerprint density at radius 2 is 1.95 bits per heavy atom. The van der Waals surface area contributed by atoms with Gasteiger partial charge in [-0.15, -0.1) is 0 Å². The number of nitrogens with one attached hydrogen (secondary N) is 1. The van der Waals surface area contributed by atoms with Gasteiger partial charge in [0.25, 0.3) is 15.0 Å². The first kappa shape index (κ1) is 18.2. The zero-order chi connectivity index (χ0) is 16.4. The monoisotopic (exact) mass is 355 g/mol. The fourth-order valence-corrected chi connectivity index (χ4v) is 3.10. The first-order chi connectivity index (χ1) is 9.57. The van der Waals surface area contributed by atoms with E-state index < -0.39 is 31.2 Å². The van der Waals surface area contributed by atoms with Crippen molar-refractivity contribution in [3.63, 3.8) is 0 Å². The van der Waals surface area contributed by atoms with Crippen molar-refractivity contribution in [1.82, 2.24) is 5.32 Å². The van der Waals surface area contributed by atoms with Crippen molar-refractivity contribution in [2.75, 3.05) is 0 Å². The molecule has 0 heterocycles. The van der Waals surface area contributed by atoms with E-state index in [1.54, 1.807) is 0 Å². The van der Waals surface area contributed by atoms with Gasteiger partial charge in [0.2, 0.25) is 0 Å². The second-order valence-corrected chi connectivity index (χ2v) is 7.91. The van der Waals surface area contributed by atoms with Crippen LogP contribution in [0.25, 0.3) is 0 Å². The predicted octanol–water partition coefficient (Wildman–Crippen LogP) is 3.57. The van der Waals surface area contributed by atoms with Gasteiger partial charge in [0.1, 0.15) is 4.90 Å². The molecule has 4 nitrogen and oxygen atoms in total. The molecule has 0 aromatic heterocycles. The molecule has 1 amide bonds. The number of benzene rings is 1. The highest BCUT2D eigenvalue weighted by atomic mass is 35.7. The first-order valence-electron chi connectivity index (χ1n) is 6.32. The smallest absolute Gasteiger partial charge is 0.264 e. The summed E-state index contributed by atoms with van der Waals surface area (Å²) < 4.78 is 36.8. The molecular weight excluding hydrogens is 340 g/mol. The van der Waals surface area contributed by atoms with E-state index in [0.29, 0.717) is 6.42 Å². The van der Waals surface area contributed by atoms with Crippen LogP contribution in [0.15, 0.2) is 17.0 Å². The van der Waals surface area contributed by atoms with Crippen LogP contribution in [0, 0.1) is 11.7 Å². The van der Waals surface area contributed by atoms with Gasteiger partial charge in [-0.25, -0.2) is 12.8 Å². The molecule has 8 heteroatoms. The third-order valence-electron chi connectivity index (χ3n) is 3.07. The van der Waals surface area contributed by atoms with Gasteiger partial charge in [-0.2, -0.15) is 0 Å². The number of rotatable bonds is 5. The van der Waals surface area contributed by atoms with Gasteiger partial charge in [-0.05, 0) is 24.5 Å². The second-order valence-electron chi connectivity index (χ2n) is 4.94. The van der Waals surface area contributed by atoms with E-state index in [9.17, 15) is 17.6 Å². The largest absolute Gasteiger partial charge is 0.349 e. The average Bonchev–Trinajstić information content (AvgIpc) is 2.36. The first-order valence-corrected chi connectivity index (χ1v) is 9.01. The Labute approximate surface area is 133 Å². The van der Waals surface area contributed by atoms with E-state index in [4.69, 9.17) is 22.3 Å².